The van der Waals surface area contributed by atoms with E-state index in [1.165, 1.54) is 18.4 Å². The summed E-state index contributed by atoms with van der Waals surface area (Å²) in [6.45, 7) is 6.16. The molecule has 4 heteroatoms. The van der Waals surface area contributed by atoms with Crippen LogP contribution < -0.4 is 10.1 Å². The highest BCUT2D eigenvalue weighted by molar-refractivity contribution is 5.69. The molecule has 1 saturated carbocycles. The maximum Gasteiger partial charge on any atom is 0.307 e. The molecule has 1 aliphatic carbocycles. The molecule has 0 amide bonds. The van der Waals surface area contributed by atoms with E-state index in [0.29, 0.717) is 31.6 Å². The van der Waals surface area contributed by atoms with Crippen molar-refractivity contribution in [2.45, 2.75) is 58.5 Å². The van der Waals surface area contributed by atoms with Gasteiger partial charge in [-0.15, -0.1) is 0 Å². The lowest BCUT2D eigenvalue weighted by Gasteiger charge is -2.29. The van der Waals surface area contributed by atoms with Crippen LogP contribution >= 0.6 is 0 Å². The van der Waals surface area contributed by atoms with Gasteiger partial charge in [-0.25, -0.2) is 0 Å². The Bertz CT molecular complexity index is 478. The predicted molar refractivity (Wildman–Crippen MR) is 96.3 cm³/mol. The topological polar surface area (TPSA) is 47.6 Å². The van der Waals surface area contributed by atoms with Gasteiger partial charge in [-0.05, 0) is 69.2 Å². The standard InChI is InChI=1S/C20H31NO3/c1-3-16-5-9-18(10-6-16)24-19-11-7-17(8-12-19)15-21-14-13-20(22)23-4-2/h5-6,9-10,17,19,21H,3-4,7-8,11-15H2,1-2H3. The average molecular weight is 333 g/mol. The lowest BCUT2D eigenvalue weighted by atomic mass is 9.87. The van der Waals surface area contributed by atoms with E-state index in [2.05, 4.69) is 36.5 Å². The van der Waals surface area contributed by atoms with Gasteiger partial charge in [0, 0.05) is 6.54 Å². The van der Waals surface area contributed by atoms with Gasteiger partial charge in [-0.2, -0.15) is 0 Å². The Morgan fingerprint density at radius 2 is 1.83 bits per heavy atom. The Balaban J connectivity index is 1.60. The van der Waals surface area contributed by atoms with Crippen molar-refractivity contribution >= 4 is 5.97 Å². The minimum Gasteiger partial charge on any atom is -0.490 e. The molecule has 1 aliphatic rings. The van der Waals surface area contributed by atoms with E-state index in [-0.39, 0.29) is 5.97 Å². The molecule has 0 saturated heterocycles. The molecule has 0 atom stereocenters. The Morgan fingerprint density at radius 1 is 1.12 bits per heavy atom. The first-order valence-corrected chi connectivity index (χ1v) is 9.33. The quantitative estimate of drug-likeness (QED) is 0.552. The first-order valence-electron chi connectivity index (χ1n) is 9.33. The van der Waals surface area contributed by atoms with E-state index >= 15 is 0 Å². The van der Waals surface area contributed by atoms with Crippen LogP contribution in [0.25, 0.3) is 0 Å². The van der Waals surface area contributed by atoms with Gasteiger partial charge in [0.25, 0.3) is 0 Å². The molecule has 24 heavy (non-hydrogen) atoms. The number of nitrogens with one attached hydrogen (secondary N) is 1. The minimum absolute atomic E-state index is 0.115. The fraction of sp³-hybridized carbons (Fsp3) is 0.650. The maximum atomic E-state index is 11.3. The largest absolute Gasteiger partial charge is 0.490 e. The number of rotatable bonds is 9. The van der Waals surface area contributed by atoms with E-state index in [9.17, 15) is 4.79 Å². The number of esters is 1. The molecule has 0 heterocycles. The number of aryl methyl sites for hydroxylation is 1. The summed E-state index contributed by atoms with van der Waals surface area (Å²) in [5.74, 6) is 1.56. The van der Waals surface area contributed by atoms with Crippen LogP contribution in [0.15, 0.2) is 24.3 Å². The molecule has 4 nitrogen and oxygen atoms in total. The molecule has 1 N–H and O–H groups in total. The average Bonchev–Trinajstić information content (AvgIpc) is 2.61. The highest BCUT2D eigenvalue weighted by Crippen LogP contribution is 2.27. The molecule has 1 aromatic carbocycles. The third-order valence-electron chi connectivity index (χ3n) is 4.67. The van der Waals surface area contributed by atoms with Crippen molar-refractivity contribution in [3.05, 3.63) is 29.8 Å². The molecule has 2 rings (SSSR count). The van der Waals surface area contributed by atoms with E-state index < -0.39 is 0 Å². The summed E-state index contributed by atoms with van der Waals surface area (Å²) in [4.78, 5) is 11.3. The molecule has 0 spiro atoms. The van der Waals surface area contributed by atoms with Crippen LogP contribution in [0, 0.1) is 5.92 Å². The highest BCUT2D eigenvalue weighted by atomic mass is 16.5. The predicted octanol–water partition coefficient (Wildman–Crippen LogP) is 3.73. The summed E-state index contributed by atoms with van der Waals surface area (Å²) in [6, 6.07) is 8.46. The lowest BCUT2D eigenvalue weighted by molar-refractivity contribution is -0.142. The summed E-state index contributed by atoms with van der Waals surface area (Å²) >= 11 is 0. The van der Waals surface area contributed by atoms with Gasteiger partial charge in [-0.3, -0.25) is 4.79 Å². The molecule has 1 aromatic rings. The number of hydrogen-bond acceptors (Lipinski definition) is 4. The zero-order chi connectivity index (χ0) is 17.2. The smallest absolute Gasteiger partial charge is 0.307 e. The molecule has 134 valence electrons. The number of ether oxygens (including phenoxy) is 2. The second-order valence-electron chi connectivity index (χ2n) is 6.52. The summed E-state index contributed by atoms with van der Waals surface area (Å²) in [5.41, 5.74) is 1.35. The van der Waals surface area contributed by atoms with Crippen molar-refractivity contribution in [1.82, 2.24) is 5.32 Å². The van der Waals surface area contributed by atoms with Crippen LogP contribution in [-0.4, -0.2) is 31.8 Å². The van der Waals surface area contributed by atoms with Gasteiger partial charge in [0.1, 0.15) is 5.75 Å². The molecule has 1 fully saturated rings. The first kappa shape index (κ1) is 18.8. The monoisotopic (exact) mass is 333 g/mol. The Labute approximate surface area is 145 Å². The number of benzene rings is 1. The Kier molecular flexibility index (Phi) is 8.10. The Morgan fingerprint density at radius 3 is 2.46 bits per heavy atom. The van der Waals surface area contributed by atoms with Gasteiger partial charge in [0.05, 0.1) is 19.1 Å². The fourth-order valence-corrected chi connectivity index (χ4v) is 3.18. The van der Waals surface area contributed by atoms with Crippen molar-refractivity contribution in [3.8, 4) is 5.75 Å². The van der Waals surface area contributed by atoms with E-state index in [1.807, 2.05) is 6.92 Å². The van der Waals surface area contributed by atoms with Gasteiger partial charge >= 0.3 is 5.97 Å². The van der Waals surface area contributed by atoms with E-state index in [1.54, 1.807) is 0 Å². The molecule has 0 aromatic heterocycles. The maximum absolute atomic E-state index is 11.3. The zero-order valence-corrected chi connectivity index (χ0v) is 15.1. The summed E-state index contributed by atoms with van der Waals surface area (Å²) in [7, 11) is 0. The van der Waals surface area contributed by atoms with Crippen molar-refractivity contribution in [3.63, 3.8) is 0 Å². The van der Waals surface area contributed by atoms with Crippen molar-refractivity contribution in [2.75, 3.05) is 19.7 Å². The summed E-state index contributed by atoms with van der Waals surface area (Å²) < 4.78 is 11.0. The second-order valence-corrected chi connectivity index (χ2v) is 6.52. The van der Waals surface area contributed by atoms with Crippen molar-refractivity contribution < 1.29 is 14.3 Å². The molecular weight excluding hydrogens is 302 g/mol. The van der Waals surface area contributed by atoms with Crippen LogP contribution in [0.2, 0.25) is 0 Å². The number of hydrogen-bond donors (Lipinski definition) is 1. The SMILES string of the molecule is CCOC(=O)CCNCC1CCC(Oc2ccc(CC)cc2)CC1. The van der Waals surface area contributed by atoms with Crippen LogP contribution in [0.5, 0.6) is 5.75 Å². The second kappa shape index (κ2) is 10.3. The highest BCUT2D eigenvalue weighted by Gasteiger charge is 2.22. The molecule has 0 radical (unpaired) electrons. The summed E-state index contributed by atoms with van der Waals surface area (Å²) in [5, 5.41) is 3.38. The molecule has 0 unspecified atom stereocenters. The van der Waals surface area contributed by atoms with Gasteiger partial charge in [0.2, 0.25) is 0 Å². The van der Waals surface area contributed by atoms with Crippen LogP contribution in [-0.2, 0) is 16.0 Å². The molecular formula is C20H31NO3. The first-order chi connectivity index (χ1) is 11.7. The summed E-state index contributed by atoms with van der Waals surface area (Å²) in [6.07, 6.45) is 6.45. The van der Waals surface area contributed by atoms with Gasteiger partial charge in [-0.1, -0.05) is 19.1 Å². The Hall–Kier alpha value is -1.55. The minimum atomic E-state index is -0.115. The zero-order valence-electron chi connectivity index (χ0n) is 15.1. The van der Waals surface area contributed by atoms with E-state index in [0.717, 1.165) is 31.6 Å². The lowest BCUT2D eigenvalue weighted by Crippen LogP contribution is -2.31. The van der Waals surface area contributed by atoms with Gasteiger partial charge in [0.15, 0.2) is 0 Å². The fourth-order valence-electron chi connectivity index (χ4n) is 3.18. The molecule has 0 aliphatic heterocycles. The third-order valence-corrected chi connectivity index (χ3v) is 4.67. The number of carbonyl (C=O) groups excluding carboxylic acids is 1. The normalized spacial score (nSPS) is 20.6. The van der Waals surface area contributed by atoms with Crippen LogP contribution in [0.1, 0.15) is 51.5 Å². The van der Waals surface area contributed by atoms with E-state index in [4.69, 9.17) is 9.47 Å². The third kappa shape index (κ3) is 6.52. The molecule has 0 bridgehead atoms. The number of carbonyl (C=O) groups is 1. The van der Waals surface area contributed by atoms with Crippen LogP contribution in [0.3, 0.4) is 0 Å². The van der Waals surface area contributed by atoms with Gasteiger partial charge < -0.3 is 14.8 Å². The van der Waals surface area contributed by atoms with Crippen molar-refractivity contribution in [1.29, 1.82) is 0 Å². The van der Waals surface area contributed by atoms with Crippen LogP contribution in [0.4, 0.5) is 0 Å². The van der Waals surface area contributed by atoms with Crippen molar-refractivity contribution in [2.24, 2.45) is 5.92 Å².